The summed E-state index contributed by atoms with van der Waals surface area (Å²) >= 11 is 0. The molecule has 1 saturated carbocycles. The van der Waals surface area contributed by atoms with Crippen LogP contribution in [0.1, 0.15) is 46.2 Å². The second-order valence-electron chi connectivity index (χ2n) is 8.12. The molecule has 2 aromatic rings. The van der Waals surface area contributed by atoms with Crippen molar-refractivity contribution >= 4 is 17.4 Å². The number of carbonyl (C=O) groups excluding carboxylic acids is 1. The zero-order valence-corrected chi connectivity index (χ0v) is 16.6. The number of hydrogen-bond donors (Lipinski definition) is 0. The Morgan fingerprint density at radius 1 is 1.15 bits per heavy atom. The first-order chi connectivity index (χ1) is 12.8. The topological polar surface area (TPSA) is 36.4 Å². The number of halogens is 1. The van der Waals surface area contributed by atoms with E-state index < -0.39 is 5.41 Å². The van der Waals surface area contributed by atoms with Gasteiger partial charge in [-0.25, -0.2) is 9.37 Å². The van der Waals surface area contributed by atoms with Crippen LogP contribution in [0, 0.1) is 11.2 Å². The highest BCUT2D eigenvalue weighted by molar-refractivity contribution is 5.96. The van der Waals surface area contributed by atoms with Gasteiger partial charge in [-0.2, -0.15) is 0 Å². The van der Waals surface area contributed by atoms with Gasteiger partial charge in [-0.3, -0.25) is 4.79 Å². The number of amides is 1. The van der Waals surface area contributed by atoms with Gasteiger partial charge in [-0.05, 0) is 56.2 Å². The van der Waals surface area contributed by atoms with Crippen molar-refractivity contribution in [2.75, 3.05) is 16.3 Å². The fourth-order valence-electron chi connectivity index (χ4n) is 3.18. The van der Waals surface area contributed by atoms with Gasteiger partial charge in [0.25, 0.3) is 0 Å². The molecule has 3 rings (SSSR count). The number of rotatable bonds is 6. The van der Waals surface area contributed by atoms with Gasteiger partial charge < -0.3 is 9.80 Å². The zero-order chi connectivity index (χ0) is 19.6. The largest absolute Gasteiger partial charge is 0.354 e. The third kappa shape index (κ3) is 4.65. The highest BCUT2D eigenvalue weighted by Gasteiger charge is 2.30. The van der Waals surface area contributed by atoms with Crippen molar-refractivity contribution in [1.29, 1.82) is 0 Å². The Hall–Kier alpha value is -2.43. The SMILES string of the molecule is CCN(c1cccc(CN(C(=O)C(C)(C)C)c2ccc(F)cc2)n1)C1CC1. The Bertz CT molecular complexity index is 794. The molecule has 1 fully saturated rings. The van der Waals surface area contributed by atoms with Gasteiger partial charge in [-0.1, -0.05) is 26.8 Å². The van der Waals surface area contributed by atoms with Crippen LogP contribution >= 0.6 is 0 Å². The third-order valence-corrected chi connectivity index (χ3v) is 4.76. The molecule has 5 heteroatoms. The number of aromatic nitrogens is 1. The molecule has 0 radical (unpaired) electrons. The second kappa shape index (κ2) is 7.67. The fraction of sp³-hybridized carbons (Fsp3) is 0.455. The first-order valence-electron chi connectivity index (χ1n) is 9.59. The minimum Gasteiger partial charge on any atom is -0.354 e. The lowest BCUT2D eigenvalue weighted by molar-refractivity contribution is -0.125. The maximum Gasteiger partial charge on any atom is 0.232 e. The minimum absolute atomic E-state index is 0.0177. The van der Waals surface area contributed by atoms with E-state index in [0.717, 1.165) is 18.1 Å². The van der Waals surface area contributed by atoms with Gasteiger partial charge in [0.2, 0.25) is 5.91 Å². The van der Waals surface area contributed by atoms with E-state index >= 15 is 0 Å². The molecule has 27 heavy (non-hydrogen) atoms. The summed E-state index contributed by atoms with van der Waals surface area (Å²) in [5, 5.41) is 0. The maximum absolute atomic E-state index is 13.4. The van der Waals surface area contributed by atoms with E-state index in [9.17, 15) is 9.18 Å². The van der Waals surface area contributed by atoms with E-state index in [2.05, 4.69) is 11.8 Å². The molecule has 0 aliphatic heterocycles. The molecule has 0 N–H and O–H groups in total. The van der Waals surface area contributed by atoms with Crippen molar-refractivity contribution in [1.82, 2.24) is 4.98 Å². The van der Waals surface area contributed by atoms with Crippen molar-refractivity contribution < 1.29 is 9.18 Å². The summed E-state index contributed by atoms with van der Waals surface area (Å²) in [6.45, 7) is 9.09. The van der Waals surface area contributed by atoms with Crippen LogP contribution < -0.4 is 9.80 Å². The van der Waals surface area contributed by atoms with Gasteiger partial charge in [-0.15, -0.1) is 0 Å². The molecule has 1 heterocycles. The average molecular weight is 369 g/mol. The average Bonchev–Trinajstić information content (AvgIpc) is 3.45. The van der Waals surface area contributed by atoms with Crippen molar-refractivity contribution in [3.63, 3.8) is 0 Å². The van der Waals surface area contributed by atoms with Crippen molar-refractivity contribution in [2.24, 2.45) is 5.41 Å². The molecule has 0 bridgehead atoms. The van der Waals surface area contributed by atoms with Crippen LogP contribution in [0.2, 0.25) is 0 Å². The molecule has 0 unspecified atom stereocenters. The number of hydrogen-bond acceptors (Lipinski definition) is 3. The normalized spacial score (nSPS) is 14.1. The number of carbonyl (C=O) groups is 1. The summed E-state index contributed by atoms with van der Waals surface area (Å²) in [5.41, 5.74) is 0.960. The maximum atomic E-state index is 13.4. The van der Waals surface area contributed by atoms with Crippen LogP contribution in [0.15, 0.2) is 42.5 Å². The van der Waals surface area contributed by atoms with Crippen LogP contribution in [-0.4, -0.2) is 23.5 Å². The predicted molar refractivity (Wildman–Crippen MR) is 107 cm³/mol. The van der Waals surface area contributed by atoms with Crippen molar-refractivity contribution in [3.05, 3.63) is 54.0 Å². The van der Waals surface area contributed by atoms with Gasteiger partial charge in [0.05, 0.1) is 12.2 Å². The molecule has 0 spiro atoms. The molecule has 1 aromatic heterocycles. The van der Waals surface area contributed by atoms with Crippen LogP contribution in [0.25, 0.3) is 0 Å². The summed E-state index contributed by atoms with van der Waals surface area (Å²) in [6.07, 6.45) is 2.42. The molecular formula is C22H28FN3O. The lowest BCUT2D eigenvalue weighted by Crippen LogP contribution is -2.39. The molecular weight excluding hydrogens is 341 g/mol. The lowest BCUT2D eigenvalue weighted by Gasteiger charge is -2.30. The van der Waals surface area contributed by atoms with E-state index in [4.69, 9.17) is 4.98 Å². The zero-order valence-electron chi connectivity index (χ0n) is 16.6. The molecule has 1 amide bonds. The summed E-state index contributed by atoms with van der Waals surface area (Å²) in [4.78, 5) is 21.9. The van der Waals surface area contributed by atoms with Gasteiger partial charge >= 0.3 is 0 Å². The van der Waals surface area contributed by atoms with E-state index in [-0.39, 0.29) is 11.7 Å². The lowest BCUT2D eigenvalue weighted by atomic mass is 9.94. The van der Waals surface area contributed by atoms with E-state index in [1.165, 1.54) is 25.0 Å². The molecule has 0 atom stereocenters. The van der Waals surface area contributed by atoms with Crippen LogP contribution in [0.3, 0.4) is 0 Å². The number of nitrogens with zero attached hydrogens (tertiary/aromatic N) is 3. The fourth-order valence-corrected chi connectivity index (χ4v) is 3.18. The predicted octanol–water partition coefficient (Wildman–Crippen LogP) is 4.79. The molecule has 4 nitrogen and oxygen atoms in total. The standard InChI is InChI=1S/C22H28FN3O/c1-5-25(18-13-14-18)20-8-6-7-17(24-20)15-26(21(27)22(2,3)4)19-11-9-16(23)10-12-19/h6-12,18H,5,13-15H2,1-4H3. The highest BCUT2D eigenvalue weighted by atomic mass is 19.1. The Morgan fingerprint density at radius 2 is 1.81 bits per heavy atom. The summed E-state index contributed by atoms with van der Waals surface area (Å²) in [6, 6.07) is 12.6. The Labute approximate surface area is 161 Å². The number of pyridine rings is 1. The minimum atomic E-state index is -0.546. The Balaban J connectivity index is 1.90. The summed E-state index contributed by atoms with van der Waals surface area (Å²) in [5.74, 6) is 0.626. The monoisotopic (exact) mass is 369 g/mol. The van der Waals surface area contributed by atoms with E-state index in [1.807, 2.05) is 39.0 Å². The van der Waals surface area contributed by atoms with Crippen molar-refractivity contribution in [2.45, 2.75) is 53.1 Å². The first-order valence-corrected chi connectivity index (χ1v) is 9.59. The number of anilines is 2. The van der Waals surface area contributed by atoms with E-state index in [1.54, 1.807) is 17.0 Å². The molecule has 1 aliphatic rings. The first kappa shape index (κ1) is 19.3. The van der Waals surface area contributed by atoms with Crippen molar-refractivity contribution in [3.8, 4) is 0 Å². The van der Waals surface area contributed by atoms with Gasteiger partial charge in [0.15, 0.2) is 0 Å². The quantitative estimate of drug-likeness (QED) is 0.735. The highest BCUT2D eigenvalue weighted by Crippen LogP contribution is 2.31. The number of benzene rings is 1. The smallest absolute Gasteiger partial charge is 0.232 e. The third-order valence-electron chi connectivity index (χ3n) is 4.76. The van der Waals surface area contributed by atoms with Crippen LogP contribution in [0.5, 0.6) is 0 Å². The molecule has 144 valence electrons. The van der Waals surface area contributed by atoms with Crippen LogP contribution in [0.4, 0.5) is 15.9 Å². The van der Waals surface area contributed by atoms with Gasteiger partial charge in [0.1, 0.15) is 11.6 Å². The van der Waals surface area contributed by atoms with E-state index in [0.29, 0.717) is 18.3 Å². The Morgan fingerprint density at radius 3 is 2.37 bits per heavy atom. The molecule has 1 aliphatic carbocycles. The molecule has 1 aromatic carbocycles. The molecule has 0 saturated heterocycles. The van der Waals surface area contributed by atoms with Gasteiger partial charge in [0, 0.05) is 23.7 Å². The second-order valence-corrected chi connectivity index (χ2v) is 8.12. The van der Waals surface area contributed by atoms with Crippen LogP contribution in [-0.2, 0) is 11.3 Å². The summed E-state index contributed by atoms with van der Waals surface area (Å²) in [7, 11) is 0. The summed E-state index contributed by atoms with van der Waals surface area (Å²) < 4.78 is 13.4. The Kier molecular flexibility index (Phi) is 5.49.